The highest BCUT2D eigenvalue weighted by Gasteiger charge is 2.39. The third kappa shape index (κ3) is 4.99. The number of benzene rings is 1. The quantitative estimate of drug-likeness (QED) is 0.618. The highest BCUT2D eigenvalue weighted by atomic mass is 19.4. The zero-order valence-corrected chi connectivity index (χ0v) is 9.83. The van der Waals surface area contributed by atoms with Crippen LogP contribution in [0, 0.1) is 0 Å². The lowest BCUT2D eigenvalue weighted by molar-refractivity contribution is -0.137. The third-order valence-corrected chi connectivity index (χ3v) is 2.30. The smallest absolute Gasteiger partial charge is 0.454 e. The first-order valence-corrected chi connectivity index (χ1v) is 5.48. The zero-order chi connectivity index (χ0) is 14.5. The summed E-state index contributed by atoms with van der Waals surface area (Å²) in [4.78, 5) is 21.2. The second-order valence-electron chi connectivity index (χ2n) is 3.83. The molecule has 1 rings (SSSR count). The van der Waals surface area contributed by atoms with Crippen molar-refractivity contribution >= 4 is 17.4 Å². The molecule has 7 heteroatoms. The van der Waals surface area contributed by atoms with Crippen LogP contribution in [0.4, 0.5) is 18.9 Å². The van der Waals surface area contributed by atoms with Gasteiger partial charge in [0.25, 0.3) is 5.78 Å². The number of nitrogens with one attached hydrogen (secondary N) is 1. The van der Waals surface area contributed by atoms with E-state index in [1.165, 1.54) is 12.1 Å². The number of carboxylic acid groups (broad SMARTS) is 1. The van der Waals surface area contributed by atoms with Crippen LogP contribution >= 0.6 is 0 Å². The van der Waals surface area contributed by atoms with Gasteiger partial charge in [0.1, 0.15) is 0 Å². The Kier molecular flexibility index (Phi) is 4.91. The Morgan fingerprint density at radius 2 is 1.74 bits per heavy atom. The third-order valence-electron chi connectivity index (χ3n) is 2.30. The summed E-state index contributed by atoms with van der Waals surface area (Å²) in [7, 11) is 0. The Balaban J connectivity index is 2.53. The van der Waals surface area contributed by atoms with E-state index in [4.69, 9.17) is 5.11 Å². The first-order valence-electron chi connectivity index (χ1n) is 5.48. The van der Waals surface area contributed by atoms with Crippen LogP contribution in [0.2, 0.25) is 0 Å². The minimum absolute atomic E-state index is 0.0116. The second kappa shape index (κ2) is 6.21. The summed E-state index contributed by atoms with van der Waals surface area (Å²) in [6, 6.07) is 4.85. The van der Waals surface area contributed by atoms with Gasteiger partial charge in [-0.25, -0.2) is 0 Å². The Hall–Kier alpha value is -2.05. The number of halogens is 3. The van der Waals surface area contributed by atoms with Gasteiger partial charge in [-0.2, -0.15) is 13.2 Å². The molecule has 0 bridgehead atoms. The van der Waals surface area contributed by atoms with Gasteiger partial charge in [-0.1, -0.05) is 0 Å². The molecular weight excluding hydrogens is 263 g/mol. The highest BCUT2D eigenvalue weighted by molar-refractivity contribution is 6.00. The summed E-state index contributed by atoms with van der Waals surface area (Å²) >= 11 is 0. The summed E-state index contributed by atoms with van der Waals surface area (Å²) < 4.78 is 36.4. The van der Waals surface area contributed by atoms with Gasteiger partial charge in [0.05, 0.1) is 0 Å². The van der Waals surface area contributed by atoms with Gasteiger partial charge in [0, 0.05) is 24.2 Å². The van der Waals surface area contributed by atoms with E-state index in [-0.39, 0.29) is 6.42 Å². The molecule has 1 aromatic carbocycles. The van der Waals surface area contributed by atoms with Crippen LogP contribution < -0.4 is 5.32 Å². The number of hydrogen-bond donors (Lipinski definition) is 2. The summed E-state index contributed by atoms with van der Waals surface area (Å²) in [6.45, 7) is 0.388. The molecule has 0 fully saturated rings. The van der Waals surface area contributed by atoms with Gasteiger partial charge in [0.2, 0.25) is 0 Å². The number of aliphatic carboxylic acids is 1. The molecule has 0 saturated heterocycles. The number of hydrogen-bond acceptors (Lipinski definition) is 3. The Labute approximate surface area is 107 Å². The molecule has 0 aliphatic carbocycles. The van der Waals surface area contributed by atoms with Crippen LogP contribution in [0.1, 0.15) is 23.2 Å². The average Bonchev–Trinajstić information content (AvgIpc) is 2.33. The predicted molar refractivity (Wildman–Crippen MR) is 62.2 cm³/mol. The fourth-order valence-corrected chi connectivity index (χ4v) is 1.38. The molecule has 4 nitrogen and oxygen atoms in total. The normalized spacial score (nSPS) is 11.1. The maximum Gasteiger partial charge on any atom is 0.454 e. The maximum absolute atomic E-state index is 12.1. The lowest BCUT2D eigenvalue weighted by Gasteiger charge is -2.08. The van der Waals surface area contributed by atoms with E-state index in [1.54, 1.807) is 0 Å². The average molecular weight is 275 g/mol. The van der Waals surface area contributed by atoms with Crippen LogP contribution in [0.3, 0.4) is 0 Å². The van der Waals surface area contributed by atoms with Crippen molar-refractivity contribution in [3.63, 3.8) is 0 Å². The van der Waals surface area contributed by atoms with Crippen molar-refractivity contribution in [2.45, 2.75) is 19.0 Å². The van der Waals surface area contributed by atoms with Crippen LogP contribution in [0.25, 0.3) is 0 Å². The molecule has 2 N–H and O–H groups in total. The zero-order valence-electron chi connectivity index (χ0n) is 9.83. The molecule has 19 heavy (non-hydrogen) atoms. The SMILES string of the molecule is O=C(O)CCCNc1ccc(C(=O)C(F)(F)F)cc1. The van der Waals surface area contributed by atoms with E-state index in [0.717, 1.165) is 12.1 Å². The summed E-state index contributed by atoms with van der Waals surface area (Å²) in [5, 5.41) is 11.3. The van der Waals surface area contributed by atoms with Crippen molar-refractivity contribution in [1.29, 1.82) is 0 Å². The van der Waals surface area contributed by atoms with Crippen molar-refractivity contribution in [1.82, 2.24) is 0 Å². The van der Waals surface area contributed by atoms with Gasteiger partial charge in [-0.3, -0.25) is 9.59 Å². The topological polar surface area (TPSA) is 66.4 Å². The number of carbonyl (C=O) groups excluding carboxylic acids is 1. The van der Waals surface area contributed by atoms with Gasteiger partial charge in [-0.05, 0) is 30.7 Å². The lowest BCUT2D eigenvalue weighted by atomic mass is 10.1. The van der Waals surface area contributed by atoms with E-state index in [1.807, 2.05) is 0 Å². The molecule has 0 atom stereocenters. The molecule has 0 aliphatic rings. The van der Waals surface area contributed by atoms with Crippen molar-refractivity contribution in [3.8, 4) is 0 Å². The molecule has 0 amide bonds. The minimum Gasteiger partial charge on any atom is -0.481 e. The minimum atomic E-state index is -4.88. The van der Waals surface area contributed by atoms with Gasteiger partial charge in [-0.15, -0.1) is 0 Å². The summed E-state index contributed by atoms with van der Waals surface area (Å²) in [6.07, 6.45) is -4.47. The number of rotatable bonds is 6. The number of carbonyl (C=O) groups is 2. The number of alkyl halides is 3. The van der Waals surface area contributed by atoms with Crippen molar-refractivity contribution in [2.75, 3.05) is 11.9 Å². The van der Waals surface area contributed by atoms with E-state index < -0.39 is 23.5 Å². The van der Waals surface area contributed by atoms with Crippen molar-refractivity contribution < 1.29 is 27.9 Å². The van der Waals surface area contributed by atoms with Gasteiger partial charge >= 0.3 is 12.1 Å². The largest absolute Gasteiger partial charge is 0.481 e. The molecule has 0 spiro atoms. The molecule has 0 aliphatic heterocycles. The van der Waals surface area contributed by atoms with Crippen molar-refractivity contribution in [3.05, 3.63) is 29.8 Å². The molecule has 104 valence electrons. The van der Waals surface area contributed by atoms with E-state index in [0.29, 0.717) is 18.7 Å². The molecule has 0 saturated carbocycles. The molecule has 0 radical (unpaired) electrons. The Morgan fingerprint density at radius 3 is 2.21 bits per heavy atom. The second-order valence-corrected chi connectivity index (χ2v) is 3.83. The van der Waals surface area contributed by atoms with Crippen molar-refractivity contribution in [2.24, 2.45) is 0 Å². The summed E-state index contributed by atoms with van der Waals surface area (Å²) in [5.41, 5.74) is 0.104. The Morgan fingerprint density at radius 1 is 1.16 bits per heavy atom. The maximum atomic E-state index is 12.1. The van der Waals surface area contributed by atoms with Gasteiger partial charge in [0.15, 0.2) is 0 Å². The molecular formula is C12H12F3NO3. The van der Waals surface area contributed by atoms with E-state index in [2.05, 4.69) is 5.32 Å². The van der Waals surface area contributed by atoms with Crippen LogP contribution in [0.5, 0.6) is 0 Å². The fourth-order valence-electron chi connectivity index (χ4n) is 1.38. The number of Topliss-reactive ketones (excluding diaryl/α,β-unsaturated/α-hetero) is 1. The van der Waals surface area contributed by atoms with Crippen LogP contribution in [-0.2, 0) is 4.79 Å². The Bertz CT molecular complexity index is 454. The fraction of sp³-hybridized carbons (Fsp3) is 0.333. The standard InChI is InChI=1S/C12H12F3NO3/c13-12(14,15)11(19)8-3-5-9(6-4-8)16-7-1-2-10(17)18/h3-6,16H,1-2,7H2,(H,17,18). The molecule has 0 heterocycles. The van der Waals surface area contributed by atoms with Gasteiger partial charge < -0.3 is 10.4 Å². The first-order chi connectivity index (χ1) is 8.80. The number of ketones is 1. The monoisotopic (exact) mass is 275 g/mol. The first kappa shape index (κ1) is 15.0. The summed E-state index contributed by atoms with van der Waals surface area (Å²) in [5.74, 6) is -2.79. The van der Waals surface area contributed by atoms with E-state index >= 15 is 0 Å². The lowest BCUT2D eigenvalue weighted by Crippen LogP contribution is -2.22. The van der Waals surface area contributed by atoms with Crippen LogP contribution in [-0.4, -0.2) is 29.6 Å². The van der Waals surface area contributed by atoms with E-state index in [9.17, 15) is 22.8 Å². The van der Waals surface area contributed by atoms with Crippen LogP contribution in [0.15, 0.2) is 24.3 Å². The molecule has 1 aromatic rings. The molecule has 0 unspecified atom stereocenters. The number of anilines is 1. The highest BCUT2D eigenvalue weighted by Crippen LogP contribution is 2.22. The molecule has 0 aromatic heterocycles. The predicted octanol–water partition coefficient (Wildman–Crippen LogP) is 2.71. The number of carboxylic acids is 1.